The van der Waals surface area contributed by atoms with Crippen LogP contribution < -0.4 is 10.2 Å². The van der Waals surface area contributed by atoms with Gasteiger partial charge in [-0.1, -0.05) is 69.5 Å². The molecule has 0 radical (unpaired) electrons. The molecule has 0 atom stereocenters. The van der Waals surface area contributed by atoms with Crippen LogP contribution in [0.4, 0.5) is 5.69 Å². The SMILES string of the molecule is COc1ccccc1-c1nn(-c2ccccc2)cc1/C=N/Nc1c(Cl)cc(Br)cc1Cl. The molecule has 0 aliphatic rings. The molecule has 156 valence electrons. The number of aromatic nitrogens is 2. The standard InChI is InChI=1S/C23H17BrCl2N4O/c1-31-21-10-6-5-9-18(21)22-15(14-30(29-22)17-7-3-2-4-8-17)13-27-28-23-19(25)11-16(24)12-20(23)26/h2-14,28H,1H3/b27-13+. The third kappa shape index (κ3) is 4.77. The smallest absolute Gasteiger partial charge is 0.128 e. The van der Waals surface area contributed by atoms with E-state index >= 15 is 0 Å². The molecule has 0 bridgehead atoms. The molecule has 3 aromatic carbocycles. The van der Waals surface area contributed by atoms with Crippen molar-refractivity contribution in [2.75, 3.05) is 12.5 Å². The van der Waals surface area contributed by atoms with Crippen molar-refractivity contribution in [1.29, 1.82) is 0 Å². The fraction of sp³-hybridized carbons (Fsp3) is 0.0435. The van der Waals surface area contributed by atoms with E-state index in [0.29, 0.717) is 15.7 Å². The van der Waals surface area contributed by atoms with Gasteiger partial charge in [0.2, 0.25) is 0 Å². The van der Waals surface area contributed by atoms with Crippen LogP contribution in [0.15, 0.2) is 82.5 Å². The molecule has 1 heterocycles. The summed E-state index contributed by atoms with van der Waals surface area (Å²) in [5, 5.41) is 10.1. The average molecular weight is 516 g/mol. The molecule has 5 nitrogen and oxygen atoms in total. The molecule has 4 aromatic rings. The molecule has 0 aliphatic heterocycles. The average Bonchev–Trinajstić information content (AvgIpc) is 3.20. The number of methoxy groups -OCH3 is 1. The Hall–Kier alpha value is -2.80. The number of anilines is 1. The summed E-state index contributed by atoms with van der Waals surface area (Å²) in [6.07, 6.45) is 3.59. The summed E-state index contributed by atoms with van der Waals surface area (Å²) in [6, 6.07) is 21.1. The van der Waals surface area contributed by atoms with E-state index in [4.69, 9.17) is 33.0 Å². The molecule has 31 heavy (non-hydrogen) atoms. The lowest BCUT2D eigenvalue weighted by molar-refractivity contribution is 0.416. The quantitative estimate of drug-likeness (QED) is 0.221. The van der Waals surface area contributed by atoms with E-state index in [-0.39, 0.29) is 0 Å². The number of halogens is 3. The number of nitrogens with zero attached hydrogens (tertiary/aromatic N) is 3. The van der Waals surface area contributed by atoms with Crippen LogP contribution in [0, 0.1) is 0 Å². The Balaban J connectivity index is 1.74. The molecule has 0 amide bonds. The predicted octanol–water partition coefficient (Wildman–Crippen LogP) is 7.06. The molecule has 0 unspecified atom stereocenters. The van der Waals surface area contributed by atoms with Gasteiger partial charge in [0.05, 0.1) is 34.7 Å². The van der Waals surface area contributed by atoms with Gasteiger partial charge in [-0.05, 0) is 36.4 Å². The molecule has 0 fully saturated rings. The van der Waals surface area contributed by atoms with Crippen molar-refractivity contribution in [1.82, 2.24) is 9.78 Å². The van der Waals surface area contributed by atoms with E-state index in [2.05, 4.69) is 26.5 Å². The number of benzene rings is 3. The second-order valence-corrected chi connectivity index (χ2v) is 8.26. The number of para-hydroxylation sites is 2. The number of ether oxygens (including phenoxy) is 1. The summed E-state index contributed by atoms with van der Waals surface area (Å²) in [5.74, 6) is 0.724. The summed E-state index contributed by atoms with van der Waals surface area (Å²) in [5.41, 5.74) is 6.78. The Bertz CT molecular complexity index is 1220. The van der Waals surface area contributed by atoms with Gasteiger partial charge in [0.25, 0.3) is 0 Å². The second-order valence-electron chi connectivity index (χ2n) is 6.53. The van der Waals surface area contributed by atoms with Gasteiger partial charge < -0.3 is 4.74 Å². The van der Waals surface area contributed by atoms with Crippen molar-refractivity contribution in [2.45, 2.75) is 0 Å². The van der Waals surface area contributed by atoms with Crippen LogP contribution in [-0.4, -0.2) is 23.1 Å². The molecule has 0 saturated heterocycles. The molecule has 4 rings (SSSR count). The first-order valence-corrected chi connectivity index (χ1v) is 10.8. The Morgan fingerprint density at radius 3 is 2.42 bits per heavy atom. The Kier molecular flexibility index (Phi) is 6.61. The van der Waals surface area contributed by atoms with Crippen LogP contribution in [0.3, 0.4) is 0 Å². The molecule has 1 N–H and O–H groups in total. The normalized spacial score (nSPS) is 11.1. The molecule has 0 aliphatic carbocycles. The lowest BCUT2D eigenvalue weighted by atomic mass is 10.1. The van der Waals surface area contributed by atoms with Crippen molar-refractivity contribution >= 4 is 51.0 Å². The minimum Gasteiger partial charge on any atom is -0.496 e. The van der Waals surface area contributed by atoms with Gasteiger partial charge in [-0.2, -0.15) is 10.2 Å². The van der Waals surface area contributed by atoms with E-state index in [1.807, 2.05) is 65.5 Å². The number of hydrogen-bond donors (Lipinski definition) is 1. The van der Waals surface area contributed by atoms with E-state index in [1.165, 1.54) is 0 Å². The van der Waals surface area contributed by atoms with E-state index < -0.39 is 0 Å². The lowest BCUT2D eigenvalue weighted by Gasteiger charge is -2.07. The maximum atomic E-state index is 6.28. The van der Waals surface area contributed by atoms with Gasteiger partial charge in [-0.3, -0.25) is 5.43 Å². The van der Waals surface area contributed by atoms with Gasteiger partial charge in [-0.15, -0.1) is 0 Å². The zero-order chi connectivity index (χ0) is 21.8. The third-order valence-electron chi connectivity index (χ3n) is 4.51. The van der Waals surface area contributed by atoms with Gasteiger partial charge in [0, 0.05) is 21.8 Å². The fourth-order valence-electron chi connectivity index (χ4n) is 3.06. The van der Waals surface area contributed by atoms with Crippen molar-refractivity contribution in [3.05, 3.63) is 93.0 Å². The minimum absolute atomic E-state index is 0.460. The van der Waals surface area contributed by atoms with Crippen LogP contribution in [0.25, 0.3) is 16.9 Å². The Labute approximate surface area is 198 Å². The van der Waals surface area contributed by atoms with Gasteiger partial charge in [0.15, 0.2) is 0 Å². The van der Waals surface area contributed by atoms with Gasteiger partial charge in [-0.25, -0.2) is 4.68 Å². The van der Waals surface area contributed by atoms with E-state index in [0.717, 1.165) is 32.7 Å². The van der Waals surface area contributed by atoms with Crippen LogP contribution in [-0.2, 0) is 0 Å². The van der Waals surface area contributed by atoms with Crippen LogP contribution >= 0.6 is 39.1 Å². The highest BCUT2D eigenvalue weighted by Gasteiger charge is 2.15. The Morgan fingerprint density at radius 2 is 1.71 bits per heavy atom. The first-order valence-electron chi connectivity index (χ1n) is 9.29. The first kappa shape index (κ1) is 21.4. The number of hydrogen-bond acceptors (Lipinski definition) is 4. The zero-order valence-electron chi connectivity index (χ0n) is 16.4. The van der Waals surface area contributed by atoms with E-state index in [9.17, 15) is 0 Å². The third-order valence-corrected chi connectivity index (χ3v) is 5.57. The van der Waals surface area contributed by atoms with Crippen molar-refractivity contribution in [2.24, 2.45) is 5.10 Å². The van der Waals surface area contributed by atoms with Crippen LogP contribution in [0.1, 0.15) is 5.56 Å². The van der Waals surface area contributed by atoms with Crippen LogP contribution in [0.5, 0.6) is 5.75 Å². The summed E-state index contributed by atoms with van der Waals surface area (Å²) in [4.78, 5) is 0. The monoisotopic (exact) mass is 514 g/mol. The number of hydrazone groups is 1. The fourth-order valence-corrected chi connectivity index (χ4v) is 4.35. The largest absolute Gasteiger partial charge is 0.496 e. The summed E-state index contributed by atoms with van der Waals surface area (Å²) in [6.45, 7) is 0. The Morgan fingerprint density at radius 1 is 1.03 bits per heavy atom. The highest BCUT2D eigenvalue weighted by atomic mass is 79.9. The minimum atomic E-state index is 0.460. The molecular weight excluding hydrogens is 499 g/mol. The number of rotatable bonds is 6. The van der Waals surface area contributed by atoms with Crippen LogP contribution in [0.2, 0.25) is 10.0 Å². The maximum Gasteiger partial charge on any atom is 0.128 e. The van der Waals surface area contributed by atoms with Gasteiger partial charge in [0.1, 0.15) is 11.4 Å². The van der Waals surface area contributed by atoms with Crippen molar-refractivity contribution in [3.8, 4) is 22.7 Å². The highest BCUT2D eigenvalue weighted by Crippen LogP contribution is 2.34. The summed E-state index contributed by atoms with van der Waals surface area (Å²) in [7, 11) is 1.64. The van der Waals surface area contributed by atoms with Crippen molar-refractivity contribution < 1.29 is 4.74 Å². The van der Waals surface area contributed by atoms with Crippen molar-refractivity contribution in [3.63, 3.8) is 0 Å². The topological polar surface area (TPSA) is 51.4 Å². The van der Waals surface area contributed by atoms with Gasteiger partial charge >= 0.3 is 0 Å². The molecule has 8 heteroatoms. The second kappa shape index (κ2) is 9.56. The van der Waals surface area contributed by atoms with E-state index in [1.54, 1.807) is 25.5 Å². The molecule has 1 aromatic heterocycles. The molecular formula is C23H17BrCl2N4O. The summed E-state index contributed by atoms with van der Waals surface area (Å²) >= 11 is 15.9. The maximum absolute atomic E-state index is 6.28. The molecule has 0 saturated carbocycles. The number of nitrogens with one attached hydrogen (secondary N) is 1. The summed E-state index contributed by atoms with van der Waals surface area (Å²) < 4.78 is 8.14. The predicted molar refractivity (Wildman–Crippen MR) is 131 cm³/mol. The highest BCUT2D eigenvalue weighted by molar-refractivity contribution is 9.10. The first-order chi connectivity index (χ1) is 15.1. The molecule has 0 spiro atoms. The zero-order valence-corrected chi connectivity index (χ0v) is 19.5. The lowest BCUT2D eigenvalue weighted by Crippen LogP contribution is -1.95.